The molecule has 3 heterocycles. The minimum Gasteiger partial charge on any atom is -0.377 e. The molecular formula is C31H31ClN8. The molecule has 2 atom stereocenters. The summed E-state index contributed by atoms with van der Waals surface area (Å²) in [4.78, 5) is 8.85. The third-order valence-electron chi connectivity index (χ3n) is 6.80. The number of hydrogen-bond donors (Lipinski definition) is 2. The third-order valence-corrected chi connectivity index (χ3v) is 7.09. The lowest BCUT2D eigenvalue weighted by Gasteiger charge is -2.22. The number of rotatable bonds is 8. The highest BCUT2D eigenvalue weighted by atomic mass is 35.5. The molecule has 3 aromatic heterocycles. The van der Waals surface area contributed by atoms with Crippen LogP contribution in [0.15, 0.2) is 79.4 Å². The van der Waals surface area contributed by atoms with Gasteiger partial charge >= 0.3 is 0 Å². The van der Waals surface area contributed by atoms with E-state index in [0.717, 1.165) is 34.3 Å². The summed E-state index contributed by atoms with van der Waals surface area (Å²) >= 11 is 6.80. The van der Waals surface area contributed by atoms with Crippen LogP contribution in [0.5, 0.6) is 0 Å². The molecule has 0 fully saturated rings. The zero-order valence-corrected chi connectivity index (χ0v) is 23.7. The van der Waals surface area contributed by atoms with Gasteiger partial charge in [-0.2, -0.15) is 5.26 Å². The number of halogens is 1. The van der Waals surface area contributed by atoms with Crippen LogP contribution in [-0.2, 0) is 5.54 Å². The minimum atomic E-state index is -0.338. The van der Waals surface area contributed by atoms with Gasteiger partial charge in [-0.1, -0.05) is 60.1 Å². The Labute approximate surface area is 239 Å². The molecular weight excluding hydrogens is 520 g/mol. The van der Waals surface area contributed by atoms with Gasteiger partial charge in [-0.25, -0.2) is 4.68 Å². The molecule has 8 nitrogen and oxygen atoms in total. The fourth-order valence-electron chi connectivity index (χ4n) is 4.64. The summed E-state index contributed by atoms with van der Waals surface area (Å²) in [5.41, 5.74) is 5.12. The molecule has 0 aliphatic carbocycles. The van der Waals surface area contributed by atoms with Crippen LogP contribution >= 0.6 is 11.6 Å². The van der Waals surface area contributed by atoms with E-state index in [1.54, 1.807) is 12.4 Å². The Morgan fingerprint density at radius 2 is 1.80 bits per heavy atom. The van der Waals surface area contributed by atoms with Crippen molar-refractivity contribution in [2.45, 2.75) is 51.7 Å². The molecule has 0 spiro atoms. The molecule has 5 aromatic rings. The second-order valence-electron chi connectivity index (χ2n) is 10.7. The average molecular weight is 551 g/mol. The predicted molar refractivity (Wildman–Crippen MR) is 159 cm³/mol. The van der Waals surface area contributed by atoms with Crippen molar-refractivity contribution in [1.29, 1.82) is 5.26 Å². The lowest BCUT2D eigenvalue weighted by Crippen LogP contribution is -2.22. The molecule has 9 heteroatoms. The van der Waals surface area contributed by atoms with E-state index in [1.807, 2.05) is 59.5 Å². The molecule has 40 heavy (non-hydrogen) atoms. The Morgan fingerprint density at radius 1 is 1.02 bits per heavy atom. The highest BCUT2D eigenvalue weighted by molar-refractivity contribution is 6.35. The first kappa shape index (κ1) is 27.1. The number of nitriles is 1. The van der Waals surface area contributed by atoms with E-state index in [1.165, 1.54) is 0 Å². The number of nitrogens with one attached hydrogen (secondary N) is 2. The number of aromatic nitrogens is 5. The van der Waals surface area contributed by atoms with E-state index in [4.69, 9.17) is 11.6 Å². The monoisotopic (exact) mass is 550 g/mol. The number of benzene rings is 2. The Bertz CT molecular complexity index is 1650. The maximum Gasteiger partial charge on any atom is 0.110 e. The summed E-state index contributed by atoms with van der Waals surface area (Å²) in [6.45, 7) is 8.35. The van der Waals surface area contributed by atoms with Gasteiger partial charge in [-0.15, -0.1) is 5.10 Å². The maximum absolute atomic E-state index is 9.98. The maximum atomic E-state index is 9.98. The molecule has 0 amide bonds. The number of hydrogen-bond acceptors (Lipinski definition) is 7. The molecule has 0 saturated carbocycles. The second kappa shape index (κ2) is 11.3. The third kappa shape index (κ3) is 5.61. The van der Waals surface area contributed by atoms with Crippen LogP contribution in [0.4, 0.5) is 11.4 Å². The topological polar surface area (TPSA) is 104 Å². The number of anilines is 2. The minimum absolute atomic E-state index is 0.00451. The van der Waals surface area contributed by atoms with Crippen molar-refractivity contribution in [3.8, 4) is 6.07 Å². The highest BCUT2D eigenvalue weighted by Gasteiger charge is 2.23. The van der Waals surface area contributed by atoms with Gasteiger partial charge in [0.1, 0.15) is 11.8 Å². The Morgan fingerprint density at radius 3 is 2.45 bits per heavy atom. The zero-order valence-electron chi connectivity index (χ0n) is 22.9. The van der Waals surface area contributed by atoms with Gasteiger partial charge in [0, 0.05) is 29.7 Å². The molecule has 2 N–H and O–H groups in total. The summed E-state index contributed by atoms with van der Waals surface area (Å²) in [6.07, 6.45) is 7.90. The van der Waals surface area contributed by atoms with Gasteiger partial charge in [0.2, 0.25) is 0 Å². The van der Waals surface area contributed by atoms with Crippen molar-refractivity contribution in [1.82, 2.24) is 25.0 Å². The summed E-state index contributed by atoms with van der Waals surface area (Å²) < 4.78 is 1.85. The first-order valence-corrected chi connectivity index (χ1v) is 13.6. The van der Waals surface area contributed by atoms with Crippen molar-refractivity contribution in [2.75, 3.05) is 10.6 Å². The molecule has 0 saturated heterocycles. The van der Waals surface area contributed by atoms with E-state index < -0.39 is 0 Å². The van der Waals surface area contributed by atoms with Crippen LogP contribution < -0.4 is 10.6 Å². The molecule has 2 unspecified atom stereocenters. The second-order valence-corrected chi connectivity index (χ2v) is 11.1. The Kier molecular flexibility index (Phi) is 7.67. The fourth-order valence-corrected chi connectivity index (χ4v) is 4.91. The molecule has 0 aliphatic heterocycles. The van der Waals surface area contributed by atoms with Gasteiger partial charge in [0.05, 0.1) is 45.6 Å². The summed E-state index contributed by atoms with van der Waals surface area (Å²) in [6, 6.07) is 19.9. The zero-order chi connectivity index (χ0) is 28.3. The Balaban J connectivity index is 1.60. The first-order chi connectivity index (χ1) is 19.3. The van der Waals surface area contributed by atoms with E-state index in [2.05, 4.69) is 76.8 Å². The van der Waals surface area contributed by atoms with Crippen molar-refractivity contribution in [3.63, 3.8) is 0 Å². The van der Waals surface area contributed by atoms with E-state index in [9.17, 15) is 5.26 Å². The summed E-state index contributed by atoms with van der Waals surface area (Å²) in [7, 11) is 0. The molecule has 202 valence electrons. The van der Waals surface area contributed by atoms with Crippen molar-refractivity contribution in [2.24, 2.45) is 0 Å². The highest BCUT2D eigenvalue weighted by Crippen LogP contribution is 2.37. The molecule has 0 radical (unpaired) electrons. The molecule has 0 bridgehead atoms. The van der Waals surface area contributed by atoms with E-state index >= 15 is 0 Å². The van der Waals surface area contributed by atoms with Crippen LogP contribution in [0, 0.1) is 11.3 Å². The van der Waals surface area contributed by atoms with Gasteiger partial charge in [-0.05, 0) is 56.5 Å². The van der Waals surface area contributed by atoms with Crippen LogP contribution in [0.25, 0.3) is 10.9 Å². The van der Waals surface area contributed by atoms with Gasteiger partial charge < -0.3 is 10.6 Å². The van der Waals surface area contributed by atoms with Gasteiger partial charge in [-0.3, -0.25) is 9.97 Å². The van der Waals surface area contributed by atoms with Crippen LogP contribution in [-0.4, -0.2) is 25.0 Å². The molecule has 0 aliphatic rings. The quantitative estimate of drug-likeness (QED) is 0.209. The summed E-state index contributed by atoms with van der Waals surface area (Å²) in [5, 5.41) is 27.3. The van der Waals surface area contributed by atoms with Crippen molar-refractivity contribution >= 4 is 33.9 Å². The van der Waals surface area contributed by atoms with Crippen LogP contribution in [0.1, 0.15) is 68.6 Å². The standard InChI is InChI=1S/C31H31ClN8/c1-5-26(20-10-7-6-8-11-20)37-28-22(16-33)18-35-30-24(28)14-23(15-25(30)32)36-29(21-12-9-13-34-17-21)27-19-40(39-38-27)31(2,3)4/h6-15,17-19,26,29,36H,5H2,1-4H3,(H,35,37). The predicted octanol–water partition coefficient (Wildman–Crippen LogP) is 7.27. The SMILES string of the molecule is CCC(Nc1c(C#N)cnc2c(Cl)cc(NC(c3cccnc3)c3cn(C(C)(C)C)nn3)cc12)c1ccccc1. The first-order valence-electron chi connectivity index (χ1n) is 13.2. The van der Waals surface area contributed by atoms with Crippen molar-refractivity contribution < 1.29 is 0 Å². The molecule has 2 aromatic carbocycles. The number of nitrogens with zero attached hydrogens (tertiary/aromatic N) is 6. The Hall–Kier alpha value is -4.48. The number of fused-ring (bicyclic) bond motifs is 1. The van der Waals surface area contributed by atoms with Crippen molar-refractivity contribution in [3.05, 3.63) is 107 Å². The average Bonchev–Trinajstić information content (AvgIpc) is 3.46. The largest absolute Gasteiger partial charge is 0.377 e. The van der Waals surface area contributed by atoms with E-state index in [-0.39, 0.29) is 17.6 Å². The smallest absolute Gasteiger partial charge is 0.110 e. The number of pyridine rings is 2. The molecule has 5 rings (SSSR count). The van der Waals surface area contributed by atoms with Gasteiger partial charge in [0.25, 0.3) is 0 Å². The van der Waals surface area contributed by atoms with E-state index in [0.29, 0.717) is 21.8 Å². The van der Waals surface area contributed by atoms with Gasteiger partial charge in [0.15, 0.2) is 0 Å². The lowest BCUT2D eigenvalue weighted by atomic mass is 10.0. The lowest BCUT2D eigenvalue weighted by molar-refractivity contribution is 0.347. The summed E-state index contributed by atoms with van der Waals surface area (Å²) in [5.74, 6) is 0. The fraction of sp³-hybridized carbons (Fsp3) is 0.258. The normalized spacial score (nSPS) is 13.0. The van der Waals surface area contributed by atoms with Crippen LogP contribution in [0.2, 0.25) is 5.02 Å². The van der Waals surface area contributed by atoms with Crippen LogP contribution in [0.3, 0.4) is 0 Å².